The monoisotopic (exact) mass is 579 g/mol. The van der Waals surface area contributed by atoms with Crippen LogP contribution in [0.25, 0.3) is 0 Å². The Morgan fingerprint density at radius 2 is 1.83 bits per heavy atom. The molecule has 0 spiro atoms. The molecule has 41 heavy (non-hydrogen) atoms. The fraction of sp³-hybridized carbons (Fsp3) is 0.406. The fourth-order valence-electron chi connectivity index (χ4n) is 5.42. The Morgan fingerprint density at radius 3 is 2.51 bits per heavy atom. The second-order valence-corrected chi connectivity index (χ2v) is 11.4. The van der Waals surface area contributed by atoms with Gasteiger partial charge in [-0.1, -0.05) is 50.2 Å². The lowest BCUT2D eigenvalue weighted by Gasteiger charge is -2.38. The molecule has 8 nitrogen and oxygen atoms in total. The predicted molar refractivity (Wildman–Crippen MR) is 158 cm³/mol. The molecule has 1 heterocycles. The van der Waals surface area contributed by atoms with Crippen molar-refractivity contribution < 1.29 is 33.3 Å². The normalized spacial score (nSPS) is 20.2. The second kappa shape index (κ2) is 13.8. The number of hydrogen-bond donors (Lipinski definition) is 1. The van der Waals surface area contributed by atoms with Crippen molar-refractivity contribution in [3.05, 3.63) is 82.2 Å². The van der Waals surface area contributed by atoms with E-state index in [-0.39, 0.29) is 18.3 Å². The van der Waals surface area contributed by atoms with Crippen molar-refractivity contribution in [2.24, 2.45) is 11.8 Å². The molecule has 1 aliphatic carbocycles. The van der Waals surface area contributed by atoms with E-state index in [1.807, 2.05) is 57.2 Å². The molecular weight excluding hydrogens is 542 g/mol. The van der Waals surface area contributed by atoms with Gasteiger partial charge in [0.25, 0.3) is 0 Å². The molecule has 1 N–H and O–H groups in total. The maximum atomic E-state index is 14.0. The van der Waals surface area contributed by atoms with E-state index in [2.05, 4.69) is 5.32 Å². The molecule has 0 fully saturated rings. The number of methoxy groups -OCH3 is 2. The summed E-state index contributed by atoms with van der Waals surface area (Å²) < 4.78 is 22.4. The highest BCUT2D eigenvalue weighted by molar-refractivity contribution is 7.99. The quantitative estimate of drug-likeness (QED) is 0.219. The van der Waals surface area contributed by atoms with Crippen molar-refractivity contribution in [1.82, 2.24) is 5.32 Å². The number of rotatable bonds is 11. The van der Waals surface area contributed by atoms with Gasteiger partial charge in [0.2, 0.25) is 0 Å². The number of esters is 2. The molecule has 9 heteroatoms. The summed E-state index contributed by atoms with van der Waals surface area (Å²) in [6.45, 7) is 6.31. The van der Waals surface area contributed by atoms with Crippen LogP contribution in [0.15, 0.2) is 71.1 Å². The van der Waals surface area contributed by atoms with Crippen molar-refractivity contribution in [1.29, 1.82) is 0 Å². The molecule has 4 rings (SSSR count). The van der Waals surface area contributed by atoms with Crippen LogP contribution in [0.4, 0.5) is 0 Å². The first-order valence-electron chi connectivity index (χ1n) is 13.7. The van der Waals surface area contributed by atoms with Crippen molar-refractivity contribution in [3.63, 3.8) is 0 Å². The largest absolute Gasteiger partial charge is 0.493 e. The maximum Gasteiger partial charge on any atom is 0.336 e. The van der Waals surface area contributed by atoms with Gasteiger partial charge in [-0.25, -0.2) is 4.79 Å². The van der Waals surface area contributed by atoms with Gasteiger partial charge in [-0.05, 0) is 48.3 Å². The van der Waals surface area contributed by atoms with Gasteiger partial charge in [-0.2, -0.15) is 11.8 Å². The van der Waals surface area contributed by atoms with Crippen LogP contribution in [0, 0.1) is 11.8 Å². The zero-order valence-electron chi connectivity index (χ0n) is 24.2. The van der Waals surface area contributed by atoms with Gasteiger partial charge in [-0.3, -0.25) is 9.59 Å². The van der Waals surface area contributed by atoms with Crippen LogP contribution in [0.3, 0.4) is 0 Å². The van der Waals surface area contributed by atoms with Crippen molar-refractivity contribution in [2.75, 3.05) is 32.3 Å². The number of thioether (sulfide) groups is 1. The average Bonchev–Trinajstić information content (AvgIpc) is 2.97. The molecule has 3 unspecified atom stereocenters. The molecule has 0 radical (unpaired) electrons. The van der Waals surface area contributed by atoms with Crippen molar-refractivity contribution in [2.45, 2.75) is 39.7 Å². The first-order valence-corrected chi connectivity index (χ1v) is 14.9. The standard InChI is InChI=1S/C32H37NO7S/c1-6-41-15-14-39-32(36)27-20(3)33-23-16-19(2)26(31(35)38-5)30(34)29(23)28(27)22-12-13-24(25(17-22)37-4)40-18-21-10-8-7-9-11-21/h7-13,17,19,26,28,33H,6,14-16,18H2,1-5H3. The Kier molecular flexibility index (Phi) is 10.2. The van der Waals surface area contributed by atoms with Crippen molar-refractivity contribution >= 4 is 29.5 Å². The molecule has 0 bridgehead atoms. The van der Waals surface area contributed by atoms with Gasteiger partial charge in [0.1, 0.15) is 19.1 Å². The van der Waals surface area contributed by atoms with Crippen LogP contribution >= 0.6 is 11.8 Å². The van der Waals surface area contributed by atoms with Crippen LogP contribution in [0.2, 0.25) is 0 Å². The number of ether oxygens (including phenoxy) is 4. The number of carbonyl (C=O) groups is 3. The number of dihydropyridines is 1. The predicted octanol–water partition coefficient (Wildman–Crippen LogP) is 5.18. The highest BCUT2D eigenvalue weighted by Gasteiger charge is 2.47. The zero-order chi connectivity index (χ0) is 29.5. The van der Waals surface area contributed by atoms with E-state index >= 15 is 0 Å². The molecule has 2 aliphatic rings. The second-order valence-electron chi connectivity index (χ2n) is 10.1. The van der Waals surface area contributed by atoms with E-state index in [1.54, 1.807) is 31.0 Å². The highest BCUT2D eigenvalue weighted by atomic mass is 32.2. The molecular formula is C32H37NO7S. The van der Waals surface area contributed by atoms with Gasteiger partial charge in [-0.15, -0.1) is 0 Å². The molecule has 218 valence electrons. The Balaban J connectivity index is 1.75. The first kappa shape index (κ1) is 30.2. The van der Waals surface area contributed by atoms with Gasteiger partial charge >= 0.3 is 11.9 Å². The Labute approximate surface area is 245 Å². The van der Waals surface area contributed by atoms with Crippen LogP contribution < -0.4 is 14.8 Å². The maximum absolute atomic E-state index is 14.0. The van der Waals surface area contributed by atoms with Crippen molar-refractivity contribution in [3.8, 4) is 11.5 Å². The van der Waals surface area contributed by atoms with Gasteiger partial charge < -0.3 is 24.3 Å². The summed E-state index contributed by atoms with van der Waals surface area (Å²) in [6, 6.07) is 15.2. The Bertz CT molecular complexity index is 1350. The van der Waals surface area contributed by atoms with Crippen LogP contribution in [-0.2, 0) is 30.5 Å². The third-order valence-electron chi connectivity index (χ3n) is 7.39. The summed E-state index contributed by atoms with van der Waals surface area (Å²) in [7, 11) is 2.83. The molecule has 2 aromatic rings. The number of hydrogen-bond acceptors (Lipinski definition) is 9. The number of ketones is 1. The minimum absolute atomic E-state index is 0.248. The van der Waals surface area contributed by atoms with E-state index in [9.17, 15) is 14.4 Å². The number of benzene rings is 2. The minimum Gasteiger partial charge on any atom is -0.493 e. The summed E-state index contributed by atoms with van der Waals surface area (Å²) in [6.07, 6.45) is 0.458. The lowest BCUT2D eigenvalue weighted by Crippen LogP contribution is -2.43. The number of carbonyl (C=O) groups excluding carboxylic acids is 3. The molecule has 0 aromatic heterocycles. The number of nitrogens with one attached hydrogen (secondary N) is 1. The summed E-state index contributed by atoms with van der Waals surface area (Å²) >= 11 is 1.67. The molecule has 0 saturated heterocycles. The summed E-state index contributed by atoms with van der Waals surface area (Å²) in [5, 5.41) is 3.29. The molecule has 1 aliphatic heterocycles. The SMILES string of the molecule is CCSCCOC(=O)C1=C(C)NC2=C(C(=O)C(C(=O)OC)C(C)C2)C1c1ccc(OCc2ccccc2)c(OC)c1. The van der Waals surface area contributed by atoms with E-state index in [0.717, 1.165) is 11.3 Å². The molecule has 3 atom stereocenters. The smallest absolute Gasteiger partial charge is 0.336 e. The third kappa shape index (κ3) is 6.62. The molecule has 2 aromatic carbocycles. The first-order chi connectivity index (χ1) is 19.8. The zero-order valence-corrected chi connectivity index (χ0v) is 25.0. The highest BCUT2D eigenvalue weighted by Crippen LogP contribution is 2.47. The summed E-state index contributed by atoms with van der Waals surface area (Å²) in [4.78, 5) is 40.2. The van der Waals surface area contributed by atoms with E-state index in [4.69, 9.17) is 18.9 Å². The number of allylic oxidation sites excluding steroid dienone is 3. The van der Waals surface area contributed by atoms with Gasteiger partial charge in [0, 0.05) is 28.6 Å². The fourth-order valence-corrected chi connectivity index (χ4v) is 5.91. The van der Waals surface area contributed by atoms with E-state index in [0.29, 0.717) is 58.4 Å². The summed E-state index contributed by atoms with van der Waals surface area (Å²) in [5.74, 6) is -0.858. The van der Waals surface area contributed by atoms with Crippen LogP contribution in [0.5, 0.6) is 11.5 Å². The summed E-state index contributed by atoms with van der Waals surface area (Å²) in [5.41, 5.74) is 3.68. The topological polar surface area (TPSA) is 100 Å². The minimum atomic E-state index is -0.963. The lowest BCUT2D eigenvalue weighted by atomic mass is 9.69. The molecule has 0 saturated carbocycles. The number of Topliss-reactive ketones (excluding diaryl/α,β-unsaturated/α-hetero) is 1. The Morgan fingerprint density at radius 1 is 1.07 bits per heavy atom. The van der Waals surface area contributed by atoms with Crippen LogP contribution in [-0.4, -0.2) is 50.1 Å². The van der Waals surface area contributed by atoms with Gasteiger partial charge in [0.05, 0.1) is 19.8 Å². The van der Waals surface area contributed by atoms with E-state index < -0.39 is 23.8 Å². The average molecular weight is 580 g/mol. The van der Waals surface area contributed by atoms with Crippen LogP contribution in [0.1, 0.15) is 44.2 Å². The Hall–Kier alpha value is -3.72. The van der Waals surface area contributed by atoms with Gasteiger partial charge in [0.15, 0.2) is 17.3 Å². The molecule has 0 amide bonds. The third-order valence-corrected chi connectivity index (χ3v) is 8.25. The van der Waals surface area contributed by atoms with E-state index in [1.165, 1.54) is 7.11 Å². The lowest BCUT2D eigenvalue weighted by molar-refractivity contribution is -0.151.